The number of aromatic hydroxyl groups is 1. The maximum atomic E-state index is 13.8. The molecule has 0 fully saturated rings. The molecule has 174 valence electrons. The van der Waals surface area contributed by atoms with Crippen molar-refractivity contribution in [2.24, 2.45) is 10.7 Å². The molecule has 6 nitrogen and oxygen atoms in total. The van der Waals surface area contributed by atoms with Crippen molar-refractivity contribution in [1.82, 2.24) is 4.98 Å². The van der Waals surface area contributed by atoms with Gasteiger partial charge in [0.2, 0.25) is 0 Å². The highest BCUT2D eigenvalue weighted by Gasteiger charge is 2.19. The van der Waals surface area contributed by atoms with Crippen LogP contribution >= 0.6 is 0 Å². The summed E-state index contributed by atoms with van der Waals surface area (Å²) in [6.45, 7) is 2.55. The molecule has 0 aliphatic rings. The zero-order valence-electron chi connectivity index (χ0n) is 18.8. The van der Waals surface area contributed by atoms with Crippen molar-refractivity contribution in [2.45, 2.75) is 26.3 Å². The van der Waals surface area contributed by atoms with Crippen molar-refractivity contribution in [3.63, 3.8) is 0 Å². The molecule has 0 saturated carbocycles. The number of aryl methyl sites for hydroxylation is 1. The maximum absolute atomic E-state index is 13.8. The first-order chi connectivity index (χ1) is 16.5. The zero-order valence-corrected chi connectivity index (χ0v) is 18.8. The number of nitrogens with two attached hydrogens (primary N) is 1. The summed E-state index contributed by atoms with van der Waals surface area (Å²) in [5.41, 5.74) is 10.5. The minimum Gasteiger partial charge on any atom is -0.494 e. The normalized spacial score (nSPS) is 11.7. The summed E-state index contributed by atoms with van der Waals surface area (Å²) >= 11 is 0. The van der Waals surface area contributed by atoms with E-state index >= 15 is 0 Å². The van der Waals surface area contributed by atoms with Gasteiger partial charge >= 0.3 is 5.97 Å². The van der Waals surface area contributed by atoms with Crippen LogP contribution < -0.4 is 5.73 Å². The minimum atomic E-state index is -0.405. The lowest BCUT2D eigenvalue weighted by Crippen LogP contribution is -2.07. The number of aromatic amines is 1. The zero-order chi connectivity index (χ0) is 24.1. The van der Waals surface area contributed by atoms with E-state index in [2.05, 4.69) is 4.98 Å². The molecule has 0 unspecified atom stereocenters. The summed E-state index contributed by atoms with van der Waals surface area (Å²) in [5.74, 6) is -0.759. The third kappa shape index (κ3) is 5.15. The minimum absolute atomic E-state index is 0.102. The van der Waals surface area contributed by atoms with E-state index in [1.54, 1.807) is 13.0 Å². The topological polar surface area (TPSA) is 101 Å². The number of hydrogen-bond acceptors (Lipinski definition) is 5. The van der Waals surface area contributed by atoms with Gasteiger partial charge in [-0.2, -0.15) is 0 Å². The molecule has 4 N–H and O–H groups in total. The van der Waals surface area contributed by atoms with Crippen LogP contribution in [0.15, 0.2) is 71.7 Å². The first-order valence-corrected chi connectivity index (χ1v) is 11.1. The van der Waals surface area contributed by atoms with E-state index < -0.39 is 5.82 Å². The van der Waals surface area contributed by atoms with E-state index in [4.69, 9.17) is 15.5 Å². The van der Waals surface area contributed by atoms with Crippen molar-refractivity contribution in [3.05, 3.63) is 94.8 Å². The number of aromatic nitrogens is 1. The number of fused-ring (bicyclic) bond motifs is 1. The highest BCUT2D eigenvalue weighted by Crippen LogP contribution is 2.32. The first kappa shape index (κ1) is 23.2. The van der Waals surface area contributed by atoms with Gasteiger partial charge in [-0.3, -0.25) is 4.79 Å². The van der Waals surface area contributed by atoms with Gasteiger partial charge in [-0.05, 0) is 60.9 Å². The van der Waals surface area contributed by atoms with Crippen molar-refractivity contribution in [1.29, 1.82) is 0 Å². The molecule has 0 bridgehead atoms. The van der Waals surface area contributed by atoms with Crippen molar-refractivity contribution in [2.75, 3.05) is 6.61 Å². The number of nitrogens with zero attached hydrogens (tertiary/aromatic N) is 1. The average molecular weight is 460 g/mol. The monoisotopic (exact) mass is 459 g/mol. The Morgan fingerprint density at radius 1 is 1.09 bits per heavy atom. The molecule has 1 aromatic heterocycles. The number of esters is 1. The molecule has 0 aliphatic carbocycles. The van der Waals surface area contributed by atoms with Crippen LogP contribution in [0.4, 0.5) is 10.1 Å². The molecule has 34 heavy (non-hydrogen) atoms. The van der Waals surface area contributed by atoms with E-state index in [0.29, 0.717) is 47.4 Å². The molecule has 0 aliphatic heterocycles. The second-order valence-electron chi connectivity index (χ2n) is 7.87. The number of aliphatic imine (C=N–C) groups is 1. The van der Waals surface area contributed by atoms with Gasteiger partial charge in [0.1, 0.15) is 5.82 Å². The smallest absolute Gasteiger partial charge is 0.306 e. The lowest BCUT2D eigenvalue weighted by Gasteiger charge is -2.10. The second-order valence-corrected chi connectivity index (χ2v) is 7.87. The van der Waals surface area contributed by atoms with E-state index in [1.165, 1.54) is 12.1 Å². The number of benzene rings is 3. The van der Waals surface area contributed by atoms with Gasteiger partial charge in [0.05, 0.1) is 29.1 Å². The number of H-pyrrole nitrogens is 1. The SMILES string of the molecule is CCOC(=O)CCc1cccc(C(=Nc2ccc(CN)cc2)c2c(O)[nH]c3cc(F)ccc23)c1. The van der Waals surface area contributed by atoms with Crippen LogP contribution in [0.25, 0.3) is 10.9 Å². The Morgan fingerprint density at radius 2 is 1.88 bits per heavy atom. The van der Waals surface area contributed by atoms with Crippen molar-refractivity contribution in [3.8, 4) is 5.88 Å². The number of ether oxygens (including phenoxy) is 1. The molecule has 3 aromatic carbocycles. The molecule has 1 heterocycles. The summed E-state index contributed by atoms with van der Waals surface area (Å²) in [4.78, 5) is 19.5. The third-order valence-electron chi connectivity index (χ3n) is 5.51. The molecule has 7 heteroatoms. The maximum Gasteiger partial charge on any atom is 0.306 e. The van der Waals surface area contributed by atoms with Crippen molar-refractivity contribution >= 4 is 28.3 Å². The Balaban J connectivity index is 1.81. The first-order valence-electron chi connectivity index (χ1n) is 11.1. The molecule has 0 saturated heterocycles. The average Bonchev–Trinajstić information content (AvgIpc) is 3.16. The molecular formula is C27H26FN3O3. The fourth-order valence-electron chi connectivity index (χ4n) is 3.85. The summed E-state index contributed by atoms with van der Waals surface area (Å²) in [5, 5.41) is 11.4. The van der Waals surface area contributed by atoms with Crippen LogP contribution in [-0.4, -0.2) is 28.4 Å². The predicted octanol–water partition coefficient (Wildman–Crippen LogP) is 5.14. The standard InChI is InChI=1S/C27H26FN3O3/c1-2-34-24(32)13-8-17-4-3-5-19(14-17)26(30-21-10-6-18(16-29)7-11-21)25-22-12-9-20(28)15-23(22)31-27(25)33/h3-7,9-12,14-15,31,33H,2,8,13,16,29H2,1H3. The van der Waals surface area contributed by atoms with Crippen LogP contribution in [0, 0.1) is 5.82 Å². The van der Waals surface area contributed by atoms with E-state index in [0.717, 1.165) is 16.7 Å². The Bertz CT molecular complexity index is 1340. The largest absolute Gasteiger partial charge is 0.494 e. The summed E-state index contributed by atoms with van der Waals surface area (Å²) in [6.07, 6.45) is 0.776. The molecule has 4 aromatic rings. The van der Waals surface area contributed by atoms with Gasteiger partial charge in [0.15, 0.2) is 5.88 Å². The van der Waals surface area contributed by atoms with Gasteiger partial charge < -0.3 is 20.6 Å². The number of hydrogen-bond donors (Lipinski definition) is 3. The Hall–Kier alpha value is -3.97. The lowest BCUT2D eigenvalue weighted by atomic mass is 9.97. The molecule has 0 spiro atoms. The molecular weight excluding hydrogens is 433 g/mol. The molecule has 0 radical (unpaired) electrons. The van der Waals surface area contributed by atoms with Crippen molar-refractivity contribution < 1.29 is 19.0 Å². The summed E-state index contributed by atoms with van der Waals surface area (Å²) in [6, 6.07) is 19.5. The molecule has 0 atom stereocenters. The summed E-state index contributed by atoms with van der Waals surface area (Å²) in [7, 11) is 0. The molecule has 0 amide bonds. The molecule has 4 rings (SSSR count). The Morgan fingerprint density at radius 3 is 2.62 bits per heavy atom. The van der Waals surface area contributed by atoms with E-state index in [1.807, 2.05) is 48.5 Å². The Kier molecular flexibility index (Phi) is 7.04. The van der Waals surface area contributed by atoms with Crippen LogP contribution in [-0.2, 0) is 22.5 Å². The highest BCUT2D eigenvalue weighted by molar-refractivity contribution is 6.21. The summed E-state index contributed by atoms with van der Waals surface area (Å²) < 4.78 is 18.8. The van der Waals surface area contributed by atoms with E-state index in [9.17, 15) is 14.3 Å². The van der Waals surface area contributed by atoms with Gasteiger partial charge in [-0.15, -0.1) is 0 Å². The van der Waals surface area contributed by atoms with Crippen LogP contribution in [0.1, 0.15) is 35.6 Å². The van der Waals surface area contributed by atoms with Crippen LogP contribution in [0.2, 0.25) is 0 Å². The third-order valence-corrected chi connectivity index (χ3v) is 5.51. The van der Waals surface area contributed by atoms with Gasteiger partial charge in [0, 0.05) is 23.9 Å². The number of rotatable bonds is 8. The van der Waals surface area contributed by atoms with Crippen LogP contribution in [0.5, 0.6) is 5.88 Å². The number of nitrogens with one attached hydrogen (secondary N) is 1. The van der Waals surface area contributed by atoms with Gasteiger partial charge in [-0.25, -0.2) is 9.38 Å². The van der Waals surface area contributed by atoms with Crippen LogP contribution in [0.3, 0.4) is 0 Å². The second kappa shape index (κ2) is 10.3. The fraction of sp³-hybridized carbons (Fsp3) is 0.185. The number of carbonyl (C=O) groups is 1. The Labute approximate surface area is 196 Å². The predicted molar refractivity (Wildman–Crippen MR) is 131 cm³/mol. The number of halogens is 1. The van der Waals surface area contributed by atoms with E-state index in [-0.39, 0.29) is 18.3 Å². The quantitative estimate of drug-likeness (QED) is 0.251. The lowest BCUT2D eigenvalue weighted by molar-refractivity contribution is -0.143. The fourth-order valence-corrected chi connectivity index (χ4v) is 3.85. The number of carbonyl (C=O) groups excluding carboxylic acids is 1. The van der Waals surface area contributed by atoms with Gasteiger partial charge in [0.25, 0.3) is 0 Å². The van der Waals surface area contributed by atoms with Gasteiger partial charge in [-0.1, -0.05) is 30.3 Å². The highest BCUT2D eigenvalue weighted by atomic mass is 19.1.